The average Bonchev–Trinajstić information content (AvgIpc) is 3.18. The summed E-state index contributed by atoms with van der Waals surface area (Å²) in [6, 6.07) is 12.1. The molecule has 1 aliphatic rings. The molecule has 1 saturated heterocycles. The van der Waals surface area contributed by atoms with Gasteiger partial charge in [0.2, 0.25) is 0 Å². The molecule has 1 aliphatic heterocycles. The molecule has 0 unspecified atom stereocenters. The molecule has 160 valence electrons. The number of anilines is 1. The number of unbranched alkanes of at least 4 members (excludes halogenated alkanes) is 1. The van der Waals surface area contributed by atoms with E-state index in [-0.39, 0.29) is 0 Å². The number of piperazine rings is 1. The Bertz CT molecular complexity index is 986. The van der Waals surface area contributed by atoms with Gasteiger partial charge in [-0.2, -0.15) is 0 Å². The van der Waals surface area contributed by atoms with E-state index in [4.69, 9.17) is 27.9 Å². The fourth-order valence-electron chi connectivity index (χ4n) is 3.77. The van der Waals surface area contributed by atoms with Crippen LogP contribution < -0.4 is 9.64 Å². The summed E-state index contributed by atoms with van der Waals surface area (Å²) < 4.78 is 7.18. The van der Waals surface area contributed by atoms with Crippen LogP contribution in [-0.2, 0) is 6.42 Å². The zero-order valence-corrected chi connectivity index (χ0v) is 19.6. The minimum Gasteiger partial charge on any atom is -0.494 e. The maximum Gasteiger partial charge on any atom is 0.120 e. The van der Waals surface area contributed by atoms with Crippen molar-refractivity contribution in [2.75, 3.05) is 44.2 Å². The topological polar surface area (TPSA) is 28.6 Å². The van der Waals surface area contributed by atoms with E-state index in [0.717, 1.165) is 75.5 Å². The SMILES string of the molecule is CCc1nc2ccc(OCCCCN3CCN(c4cccc(Cl)c4Cl)CC3)cc2s1. The molecular weight excluding hydrogens is 437 g/mol. The molecule has 0 aliphatic carbocycles. The lowest BCUT2D eigenvalue weighted by atomic mass is 10.2. The summed E-state index contributed by atoms with van der Waals surface area (Å²) in [4.78, 5) is 9.45. The Morgan fingerprint density at radius 2 is 1.90 bits per heavy atom. The monoisotopic (exact) mass is 463 g/mol. The van der Waals surface area contributed by atoms with Gasteiger partial charge >= 0.3 is 0 Å². The predicted octanol–water partition coefficient (Wildman–Crippen LogP) is 6.15. The maximum atomic E-state index is 6.37. The zero-order chi connectivity index (χ0) is 20.9. The van der Waals surface area contributed by atoms with Crippen LogP contribution in [0.2, 0.25) is 10.0 Å². The van der Waals surface area contributed by atoms with Crippen LogP contribution in [0.25, 0.3) is 10.2 Å². The normalized spacial score (nSPS) is 15.1. The van der Waals surface area contributed by atoms with Crippen molar-refractivity contribution in [3.8, 4) is 5.75 Å². The van der Waals surface area contributed by atoms with Gasteiger partial charge in [-0.05, 0) is 56.1 Å². The second-order valence-corrected chi connectivity index (χ2v) is 9.45. The van der Waals surface area contributed by atoms with Crippen LogP contribution >= 0.6 is 34.5 Å². The molecule has 0 radical (unpaired) electrons. The molecule has 30 heavy (non-hydrogen) atoms. The summed E-state index contributed by atoms with van der Waals surface area (Å²) in [5, 5.41) is 2.46. The van der Waals surface area contributed by atoms with Gasteiger partial charge in [0, 0.05) is 26.2 Å². The Morgan fingerprint density at radius 3 is 2.70 bits per heavy atom. The zero-order valence-electron chi connectivity index (χ0n) is 17.2. The molecule has 2 heterocycles. The summed E-state index contributed by atoms with van der Waals surface area (Å²) >= 11 is 14.3. The van der Waals surface area contributed by atoms with E-state index < -0.39 is 0 Å². The molecule has 4 nitrogen and oxygen atoms in total. The Hall–Kier alpha value is -1.53. The van der Waals surface area contributed by atoms with Gasteiger partial charge in [-0.1, -0.05) is 36.2 Å². The molecule has 0 bridgehead atoms. The fraction of sp³-hybridized carbons (Fsp3) is 0.435. The molecule has 4 rings (SSSR count). The van der Waals surface area contributed by atoms with Crippen LogP contribution in [0.15, 0.2) is 36.4 Å². The van der Waals surface area contributed by atoms with Crippen molar-refractivity contribution < 1.29 is 4.74 Å². The predicted molar refractivity (Wildman–Crippen MR) is 129 cm³/mol. The Morgan fingerprint density at radius 1 is 1.07 bits per heavy atom. The van der Waals surface area contributed by atoms with Crippen molar-refractivity contribution >= 4 is 50.4 Å². The van der Waals surface area contributed by atoms with Crippen molar-refractivity contribution in [2.45, 2.75) is 26.2 Å². The molecule has 0 amide bonds. The third-order valence-corrected chi connectivity index (χ3v) is 7.46. The smallest absolute Gasteiger partial charge is 0.120 e. The third kappa shape index (κ3) is 5.20. The number of nitrogens with zero attached hydrogens (tertiary/aromatic N) is 3. The van der Waals surface area contributed by atoms with Crippen molar-refractivity contribution in [1.82, 2.24) is 9.88 Å². The fourth-order valence-corrected chi connectivity index (χ4v) is 5.12. The quantitative estimate of drug-likeness (QED) is 0.374. The van der Waals surface area contributed by atoms with E-state index in [0.29, 0.717) is 10.0 Å². The Kier molecular flexibility index (Phi) is 7.37. The number of rotatable bonds is 8. The largest absolute Gasteiger partial charge is 0.494 e. The maximum absolute atomic E-state index is 6.37. The molecule has 1 aromatic heterocycles. The number of thiazole rings is 1. The Labute approximate surface area is 192 Å². The van der Waals surface area contributed by atoms with Gasteiger partial charge in [0.15, 0.2) is 0 Å². The standard InChI is InChI=1S/C23H27Cl2N3OS/c1-2-22-26-19-9-8-17(16-21(19)30-22)29-15-4-3-10-27-11-13-28(14-12-27)20-7-5-6-18(24)23(20)25/h5-9,16H,2-4,10-15H2,1H3. The highest BCUT2D eigenvalue weighted by Crippen LogP contribution is 2.33. The molecule has 3 aromatic rings. The summed E-state index contributed by atoms with van der Waals surface area (Å²) in [7, 11) is 0. The third-order valence-electron chi connectivity index (χ3n) is 5.49. The molecule has 0 atom stereocenters. The highest BCUT2D eigenvalue weighted by Gasteiger charge is 2.19. The van der Waals surface area contributed by atoms with Crippen LogP contribution in [0.5, 0.6) is 5.75 Å². The lowest BCUT2D eigenvalue weighted by Crippen LogP contribution is -2.46. The van der Waals surface area contributed by atoms with Gasteiger partial charge in [-0.25, -0.2) is 4.98 Å². The van der Waals surface area contributed by atoms with Crippen LogP contribution in [-0.4, -0.2) is 49.2 Å². The first-order valence-corrected chi connectivity index (χ1v) is 12.1. The van der Waals surface area contributed by atoms with Crippen LogP contribution in [0.4, 0.5) is 5.69 Å². The first kappa shape index (κ1) is 21.7. The Balaban J connectivity index is 1.17. The molecular formula is C23H27Cl2N3OS. The number of aryl methyl sites for hydroxylation is 1. The van der Waals surface area contributed by atoms with Crippen LogP contribution in [0.3, 0.4) is 0 Å². The van der Waals surface area contributed by atoms with Crippen molar-refractivity contribution in [2.24, 2.45) is 0 Å². The minimum absolute atomic E-state index is 0.622. The minimum atomic E-state index is 0.622. The number of hydrogen-bond donors (Lipinski definition) is 0. The number of aromatic nitrogens is 1. The van der Waals surface area contributed by atoms with Gasteiger partial charge in [0.1, 0.15) is 5.75 Å². The van der Waals surface area contributed by atoms with Crippen molar-refractivity contribution in [3.05, 3.63) is 51.5 Å². The summed E-state index contributed by atoms with van der Waals surface area (Å²) in [6.07, 6.45) is 3.18. The second kappa shape index (κ2) is 10.2. The van der Waals surface area contributed by atoms with Crippen LogP contribution in [0.1, 0.15) is 24.8 Å². The first-order chi connectivity index (χ1) is 14.6. The van der Waals surface area contributed by atoms with E-state index in [9.17, 15) is 0 Å². The highest BCUT2D eigenvalue weighted by atomic mass is 35.5. The second-order valence-electron chi connectivity index (χ2n) is 7.55. The van der Waals surface area contributed by atoms with E-state index in [1.807, 2.05) is 24.3 Å². The lowest BCUT2D eigenvalue weighted by Gasteiger charge is -2.36. The van der Waals surface area contributed by atoms with Crippen molar-refractivity contribution in [3.63, 3.8) is 0 Å². The van der Waals surface area contributed by atoms with E-state index in [1.54, 1.807) is 11.3 Å². The number of benzene rings is 2. The average molecular weight is 464 g/mol. The summed E-state index contributed by atoms with van der Waals surface area (Å²) in [5.41, 5.74) is 2.11. The number of fused-ring (bicyclic) bond motifs is 1. The molecule has 7 heteroatoms. The van der Waals surface area contributed by atoms with E-state index in [2.05, 4.69) is 33.8 Å². The molecule has 0 spiro atoms. The molecule has 2 aromatic carbocycles. The number of halogens is 2. The number of ether oxygens (including phenoxy) is 1. The van der Waals surface area contributed by atoms with Gasteiger partial charge in [0.25, 0.3) is 0 Å². The van der Waals surface area contributed by atoms with Gasteiger partial charge < -0.3 is 9.64 Å². The first-order valence-electron chi connectivity index (χ1n) is 10.6. The molecule has 1 fully saturated rings. The van der Waals surface area contributed by atoms with Gasteiger partial charge in [-0.15, -0.1) is 11.3 Å². The van der Waals surface area contributed by atoms with Gasteiger partial charge in [-0.3, -0.25) is 4.90 Å². The molecule has 0 N–H and O–H groups in total. The lowest BCUT2D eigenvalue weighted by molar-refractivity contribution is 0.238. The van der Waals surface area contributed by atoms with E-state index in [1.165, 1.54) is 9.71 Å². The van der Waals surface area contributed by atoms with Gasteiger partial charge in [0.05, 0.1) is 37.6 Å². The summed E-state index contributed by atoms with van der Waals surface area (Å²) in [6.45, 7) is 8.05. The van der Waals surface area contributed by atoms with Crippen LogP contribution in [0, 0.1) is 0 Å². The molecule has 0 saturated carbocycles. The van der Waals surface area contributed by atoms with Crippen molar-refractivity contribution in [1.29, 1.82) is 0 Å². The highest BCUT2D eigenvalue weighted by molar-refractivity contribution is 7.18. The number of hydrogen-bond acceptors (Lipinski definition) is 5. The summed E-state index contributed by atoms with van der Waals surface area (Å²) in [5.74, 6) is 0.945. The van der Waals surface area contributed by atoms with E-state index >= 15 is 0 Å².